The van der Waals surface area contributed by atoms with Crippen molar-refractivity contribution in [3.8, 4) is 0 Å². The molecule has 0 bridgehead atoms. The van der Waals surface area contributed by atoms with Crippen LogP contribution in [0.5, 0.6) is 0 Å². The molecule has 0 heterocycles. The number of fused-ring (bicyclic) bond motifs is 5. The van der Waals surface area contributed by atoms with Crippen molar-refractivity contribution >= 4 is 5.97 Å². The van der Waals surface area contributed by atoms with Crippen LogP contribution >= 0.6 is 0 Å². The number of rotatable bonds is 6. The number of aliphatic hydroxyl groups is 3. The van der Waals surface area contributed by atoms with Gasteiger partial charge >= 0.3 is 5.97 Å². The average Bonchev–Trinajstić information content (AvgIpc) is 2.96. The second-order valence-corrected chi connectivity index (χ2v) is 14.2. The number of allylic oxidation sites excluding steroid dienone is 4. The molecule has 2 saturated carbocycles. The van der Waals surface area contributed by atoms with E-state index in [0.717, 1.165) is 25.7 Å². The number of carbonyl (C=O) groups is 1. The molecule has 5 nitrogen and oxygen atoms in total. The second-order valence-electron chi connectivity index (χ2n) is 14.2. The molecular formula is C31H48O5. The molecule has 4 aliphatic carbocycles. The van der Waals surface area contributed by atoms with Crippen LogP contribution < -0.4 is 0 Å². The molecule has 0 aliphatic heterocycles. The SMILES string of the molecule is C=C(CCC(C(=O)O)C1C(O)CC2(C)C3=CCC4C(C)(CCC(O)C4(C)C)C3=CCC12C)C(C)(C)O. The van der Waals surface area contributed by atoms with Gasteiger partial charge in [0.25, 0.3) is 0 Å². The van der Waals surface area contributed by atoms with Gasteiger partial charge in [0.1, 0.15) is 0 Å². The number of hydrogen-bond acceptors (Lipinski definition) is 4. The van der Waals surface area contributed by atoms with Crippen molar-refractivity contribution in [2.24, 2.45) is 39.4 Å². The Balaban J connectivity index is 1.71. The predicted octanol–water partition coefficient (Wildman–Crippen LogP) is 5.65. The lowest BCUT2D eigenvalue weighted by atomic mass is 9.44. The van der Waals surface area contributed by atoms with Gasteiger partial charge in [0.2, 0.25) is 0 Å². The lowest BCUT2D eigenvalue weighted by Gasteiger charge is -2.61. The molecule has 8 atom stereocenters. The monoisotopic (exact) mass is 500 g/mol. The van der Waals surface area contributed by atoms with Gasteiger partial charge in [-0.2, -0.15) is 0 Å². The summed E-state index contributed by atoms with van der Waals surface area (Å²) in [4.78, 5) is 12.6. The quantitative estimate of drug-likeness (QED) is 0.353. The van der Waals surface area contributed by atoms with E-state index in [2.05, 4.69) is 53.3 Å². The molecule has 4 aliphatic rings. The maximum atomic E-state index is 12.6. The number of aliphatic hydroxyl groups excluding tert-OH is 2. The topological polar surface area (TPSA) is 98.0 Å². The largest absolute Gasteiger partial charge is 0.481 e. The molecule has 0 aromatic heterocycles. The summed E-state index contributed by atoms with van der Waals surface area (Å²) in [5.41, 5.74) is 1.31. The molecule has 4 N–H and O–H groups in total. The Bertz CT molecular complexity index is 999. The number of carboxylic acid groups (broad SMARTS) is 1. The summed E-state index contributed by atoms with van der Waals surface area (Å²) < 4.78 is 0. The Morgan fingerprint density at radius 1 is 1.14 bits per heavy atom. The Hall–Kier alpha value is -1.43. The standard InChI is InChI=1S/C31H48O5/c1-18(28(4,5)36)9-10-19(26(34)35)25-22(32)17-31(8)21-11-12-23-27(2,3)24(33)14-15-29(23,6)20(21)13-16-30(25,31)7/h11,13,19,22-25,32-33,36H,1,9-10,12,14-17H2,2-8H3,(H,34,35). The van der Waals surface area contributed by atoms with Crippen LogP contribution in [0.25, 0.3) is 0 Å². The fraction of sp³-hybridized carbons (Fsp3) is 0.774. The van der Waals surface area contributed by atoms with Gasteiger partial charge in [-0.3, -0.25) is 4.79 Å². The van der Waals surface area contributed by atoms with Gasteiger partial charge in [-0.05, 0) is 97.7 Å². The van der Waals surface area contributed by atoms with E-state index in [0.29, 0.717) is 30.8 Å². The molecular weight excluding hydrogens is 452 g/mol. The highest BCUT2D eigenvalue weighted by atomic mass is 16.4. The summed E-state index contributed by atoms with van der Waals surface area (Å²) in [6.45, 7) is 18.5. The Morgan fingerprint density at radius 2 is 1.78 bits per heavy atom. The van der Waals surface area contributed by atoms with Crippen LogP contribution in [0.2, 0.25) is 0 Å². The fourth-order valence-electron chi connectivity index (χ4n) is 8.91. The smallest absolute Gasteiger partial charge is 0.306 e. The van der Waals surface area contributed by atoms with Crippen LogP contribution in [-0.4, -0.2) is 44.2 Å². The first-order valence-electron chi connectivity index (χ1n) is 13.8. The van der Waals surface area contributed by atoms with Crippen molar-refractivity contribution in [2.75, 3.05) is 0 Å². The zero-order valence-corrected chi connectivity index (χ0v) is 23.4. The normalized spacial score (nSPS) is 42.4. The van der Waals surface area contributed by atoms with E-state index in [1.165, 1.54) is 11.1 Å². The second kappa shape index (κ2) is 8.54. The van der Waals surface area contributed by atoms with E-state index < -0.39 is 29.0 Å². The first-order valence-corrected chi connectivity index (χ1v) is 13.8. The molecule has 0 radical (unpaired) electrons. The van der Waals surface area contributed by atoms with Gasteiger partial charge in [0, 0.05) is 11.3 Å². The molecule has 0 saturated heterocycles. The molecule has 0 aromatic carbocycles. The van der Waals surface area contributed by atoms with E-state index in [-0.39, 0.29) is 28.3 Å². The minimum absolute atomic E-state index is 0.0309. The molecule has 5 heteroatoms. The first-order chi connectivity index (χ1) is 16.4. The van der Waals surface area contributed by atoms with Gasteiger partial charge in [-0.15, -0.1) is 0 Å². The predicted molar refractivity (Wildman–Crippen MR) is 142 cm³/mol. The lowest BCUT2D eigenvalue weighted by molar-refractivity contribution is -0.148. The third kappa shape index (κ3) is 3.79. The Kier molecular flexibility index (Phi) is 6.55. The number of aliphatic carboxylic acids is 1. The maximum absolute atomic E-state index is 12.6. The van der Waals surface area contributed by atoms with Crippen molar-refractivity contribution in [1.29, 1.82) is 0 Å². The molecule has 8 unspecified atom stereocenters. The average molecular weight is 501 g/mol. The summed E-state index contributed by atoms with van der Waals surface area (Å²) in [5.74, 6) is -1.63. The van der Waals surface area contributed by atoms with Gasteiger partial charge < -0.3 is 20.4 Å². The highest BCUT2D eigenvalue weighted by Gasteiger charge is 2.66. The van der Waals surface area contributed by atoms with E-state index in [1.807, 2.05) is 0 Å². The summed E-state index contributed by atoms with van der Waals surface area (Å²) in [5, 5.41) is 42.9. The summed E-state index contributed by atoms with van der Waals surface area (Å²) >= 11 is 0. The lowest BCUT2D eigenvalue weighted by Crippen LogP contribution is -2.54. The Labute approximate surface area is 217 Å². The van der Waals surface area contributed by atoms with E-state index in [4.69, 9.17) is 0 Å². The van der Waals surface area contributed by atoms with Crippen LogP contribution in [0.1, 0.15) is 93.4 Å². The van der Waals surface area contributed by atoms with Crippen LogP contribution in [0.3, 0.4) is 0 Å². The summed E-state index contributed by atoms with van der Waals surface area (Å²) in [6.07, 6.45) is 8.39. The van der Waals surface area contributed by atoms with Gasteiger partial charge in [0.05, 0.1) is 23.7 Å². The van der Waals surface area contributed by atoms with Gasteiger partial charge in [-0.1, -0.05) is 53.3 Å². The maximum Gasteiger partial charge on any atom is 0.306 e. The van der Waals surface area contributed by atoms with Crippen LogP contribution in [0.15, 0.2) is 35.5 Å². The molecule has 36 heavy (non-hydrogen) atoms. The van der Waals surface area contributed by atoms with Crippen LogP contribution in [-0.2, 0) is 4.79 Å². The summed E-state index contributed by atoms with van der Waals surface area (Å²) in [7, 11) is 0. The zero-order chi connectivity index (χ0) is 27.1. The van der Waals surface area contributed by atoms with Crippen molar-refractivity contribution in [2.45, 2.75) is 111 Å². The minimum atomic E-state index is -1.06. The van der Waals surface area contributed by atoms with E-state index in [9.17, 15) is 25.2 Å². The fourth-order valence-corrected chi connectivity index (χ4v) is 8.91. The van der Waals surface area contributed by atoms with Crippen molar-refractivity contribution < 1.29 is 25.2 Å². The van der Waals surface area contributed by atoms with E-state index >= 15 is 0 Å². The molecule has 2 fully saturated rings. The van der Waals surface area contributed by atoms with Gasteiger partial charge in [-0.25, -0.2) is 0 Å². The molecule has 0 amide bonds. The van der Waals surface area contributed by atoms with Crippen molar-refractivity contribution in [1.82, 2.24) is 0 Å². The van der Waals surface area contributed by atoms with Crippen molar-refractivity contribution in [3.63, 3.8) is 0 Å². The number of carboxylic acids is 1. The zero-order valence-electron chi connectivity index (χ0n) is 23.4. The third-order valence-corrected chi connectivity index (χ3v) is 11.7. The summed E-state index contributed by atoms with van der Waals surface area (Å²) in [6, 6.07) is 0. The van der Waals surface area contributed by atoms with Crippen LogP contribution in [0, 0.1) is 39.4 Å². The van der Waals surface area contributed by atoms with Crippen LogP contribution in [0.4, 0.5) is 0 Å². The third-order valence-electron chi connectivity index (χ3n) is 11.7. The molecule has 202 valence electrons. The van der Waals surface area contributed by atoms with Gasteiger partial charge in [0.15, 0.2) is 0 Å². The molecule has 4 rings (SSSR count). The number of hydrogen-bond donors (Lipinski definition) is 4. The first kappa shape index (κ1) is 27.6. The van der Waals surface area contributed by atoms with Crippen molar-refractivity contribution in [3.05, 3.63) is 35.5 Å². The molecule has 0 aromatic rings. The highest BCUT2D eigenvalue weighted by molar-refractivity contribution is 5.71. The van der Waals surface area contributed by atoms with E-state index in [1.54, 1.807) is 13.8 Å². The molecule has 0 spiro atoms. The highest BCUT2D eigenvalue weighted by Crippen LogP contribution is 2.71. The Morgan fingerprint density at radius 3 is 2.36 bits per heavy atom. The minimum Gasteiger partial charge on any atom is -0.481 e.